The molecule has 0 aliphatic carbocycles. The monoisotopic (exact) mass is 386 g/mol. The first-order valence-electron chi connectivity index (χ1n) is 10.5. The van der Waals surface area contributed by atoms with Crippen molar-refractivity contribution >= 4 is 11.8 Å². The average molecular weight is 387 g/mol. The van der Waals surface area contributed by atoms with Crippen molar-refractivity contribution in [2.24, 2.45) is 5.92 Å². The standard InChI is InChI=1S/C22H34N4O2/c1-18-4-6-19(7-5-18)8-11-26-17-20(16-21(26)27)22(28)23-9-3-10-25-14-12-24(2)13-15-25/h4-7,20H,3,8-17H2,1-2H3,(H,23,28)/t20-/m0/s1. The first-order valence-corrected chi connectivity index (χ1v) is 10.5. The van der Waals surface area contributed by atoms with E-state index in [9.17, 15) is 9.59 Å². The van der Waals surface area contributed by atoms with Gasteiger partial charge in [0, 0.05) is 52.2 Å². The van der Waals surface area contributed by atoms with Crippen LogP contribution in [0.15, 0.2) is 24.3 Å². The maximum atomic E-state index is 12.4. The summed E-state index contributed by atoms with van der Waals surface area (Å²) in [7, 11) is 2.16. The van der Waals surface area contributed by atoms with E-state index in [1.54, 1.807) is 0 Å². The van der Waals surface area contributed by atoms with E-state index in [1.807, 2.05) is 4.90 Å². The summed E-state index contributed by atoms with van der Waals surface area (Å²) >= 11 is 0. The number of piperazine rings is 1. The highest BCUT2D eigenvalue weighted by molar-refractivity contribution is 5.89. The lowest BCUT2D eigenvalue weighted by atomic mass is 10.1. The maximum absolute atomic E-state index is 12.4. The molecule has 154 valence electrons. The van der Waals surface area contributed by atoms with E-state index in [0.717, 1.165) is 45.6 Å². The number of amides is 2. The number of rotatable bonds is 8. The molecule has 3 rings (SSSR count). The Morgan fingerprint density at radius 2 is 1.82 bits per heavy atom. The Balaban J connectivity index is 1.33. The average Bonchev–Trinajstić information content (AvgIpc) is 3.07. The topological polar surface area (TPSA) is 55.9 Å². The molecule has 0 unspecified atom stereocenters. The van der Waals surface area contributed by atoms with Crippen LogP contribution in [0, 0.1) is 12.8 Å². The van der Waals surface area contributed by atoms with Crippen LogP contribution in [0.1, 0.15) is 24.0 Å². The van der Waals surface area contributed by atoms with E-state index >= 15 is 0 Å². The fraction of sp³-hybridized carbons (Fsp3) is 0.636. The largest absolute Gasteiger partial charge is 0.356 e. The molecule has 0 spiro atoms. The van der Waals surface area contributed by atoms with E-state index in [0.29, 0.717) is 26.1 Å². The summed E-state index contributed by atoms with van der Waals surface area (Å²) in [6, 6.07) is 8.42. The predicted molar refractivity (Wildman–Crippen MR) is 111 cm³/mol. The SMILES string of the molecule is Cc1ccc(CCN2C[C@@H](C(=O)NCCCN3CCN(C)CC3)CC2=O)cc1. The molecule has 0 aromatic heterocycles. The molecular formula is C22H34N4O2. The Morgan fingerprint density at radius 3 is 2.54 bits per heavy atom. The van der Waals surface area contributed by atoms with Crippen LogP contribution in [0.2, 0.25) is 0 Å². The number of carbonyl (C=O) groups is 2. The van der Waals surface area contributed by atoms with E-state index < -0.39 is 0 Å². The molecule has 2 amide bonds. The number of benzene rings is 1. The molecule has 0 bridgehead atoms. The fourth-order valence-corrected chi connectivity index (χ4v) is 3.91. The van der Waals surface area contributed by atoms with Gasteiger partial charge in [-0.1, -0.05) is 29.8 Å². The third-order valence-electron chi connectivity index (χ3n) is 5.92. The van der Waals surface area contributed by atoms with Gasteiger partial charge in [-0.15, -0.1) is 0 Å². The number of carbonyl (C=O) groups excluding carboxylic acids is 2. The molecule has 1 N–H and O–H groups in total. The molecule has 0 radical (unpaired) electrons. The Labute approximate surface area is 168 Å². The van der Waals surface area contributed by atoms with Crippen molar-refractivity contribution in [3.63, 3.8) is 0 Å². The minimum atomic E-state index is -0.200. The zero-order chi connectivity index (χ0) is 19.9. The zero-order valence-corrected chi connectivity index (χ0v) is 17.3. The number of nitrogens with one attached hydrogen (secondary N) is 1. The fourth-order valence-electron chi connectivity index (χ4n) is 3.91. The van der Waals surface area contributed by atoms with Gasteiger partial charge in [0.1, 0.15) is 0 Å². The number of likely N-dealkylation sites (N-methyl/N-ethyl adjacent to an activating group) is 1. The normalized spacial score (nSPS) is 21.3. The third kappa shape index (κ3) is 6.04. The van der Waals surface area contributed by atoms with Crippen molar-refractivity contribution in [2.45, 2.75) is 26.2 Å². The maximum Gasteiger partial charge on any atom is 0.225 e. The van der Waals surface area contributed by atoms with Gasteiger partial charge in [0.15, 0.2) is 0 Å². The molecule has 6 heteroatoms. The Kier molecular flexibility index (Phi) is 7.45. The predicted octanol–water partition coefficient (Wildman–Crippen LogP) is 1.14. The summed E-state index contributed by atoms with van der Waals surface area (Å²) in [5, 5.41) is 3.04. The minimum Gasteiger partial charge on any atom is -0.356 e. The van der Waals surface area contributed by atoms with Crippen molar-refractivity contribution < 1.29 is 9.59 Å². The first kappa shape index (κ1) is 20.8. The summed E-state index contributed by atoms with van der Waals surface area (Å²) in [5.41, 5.74) is 2.47. The number of aryl methyl sites for hydroxylation is 1. The van der Waals surface area contributed by atoms with Crippen LogP contribution in [0.3, 0.4) is 0 Å². The van der Waals surface area contributed by atoms with Crippen LogP contribution in [-0.4, -0.2) is 85.9 Å². The van der Waals surface area contributed by atoms with Crippen LogP contribution < -0.4 is 5.32 Å². The van der Waals surface area contributed by atoms with Gasteiger partial charge in [-0.3, -0.25) is 9.59 Å². The van der Waals surface area contributed by atoms with Gasteiger partial charge in [-0.25, -0.2) is 0 Å². The number of hydrogen-bond donors (Lipinski definition) is 1. The lowest BCUT2D eigenvalue weighted by Gasteiger charge is -2.32. The van der Waals surface area contributed by atoms with Crippen molar-refractivity contribution in [1.82, 2.24) is 20.0 Å². The van der Waals surface area contributed by atoms with Gasteiger partial charge in [-0.2, -0.15) is 0 Å². The second-order valence-corrected chi connectivity index (χ2v) is 8.27. The molecule has 1 aromatic carbocycles. The molecule has 2 heterocycles. The summed E-state index contributed by atoms with van der Waals surface area (Å²) in [6.45, 7) is 9.49. The van der Waals surface area contributed by atoms with E-state index in [1.165, 1.54) is 11.1 Å². The number of nitrogens with zero attached hydrogens (tertiary/aromatic N) is 3. The highest BCUT2D eigenvalue weighted by atomic mass is 16.2. The molecular weight excluding hydrogens is 352 g/mol. The van der Waals surface area contributed by atoms with Gasteiger partial charge >= 0.3 is 0 Å². The van der Waals surface area contributed by atoms with Gasteiger partial charge in [0.25, 0.3) is 0 Å². The number of likely N-dealkylation sites (tertiary alicyclic amines) is 1. The third-order valence-corrected chi connectivity index (χ3v) is 5.92. The molecule has 1 aromatic rings. The van der Waals surface area contributed by atoms with Crippen LogP contribution in [0.25, 0.3) is 0 Å². The molecule has 28 heavy (non-hydrogen) atoms. The van der Waals surface area contributed by atoms with Crippen LogP contribution >= 0.6 is 0 Å². The molecule has 2 saturated heterocycles. The molecule has 6 nitrogen and oxygen atoms in total. The van der Waals surface area contributed by atoms with Gasteiger partial charge in [0.05, 0.1) is 5.92 Å². The van der Waals surface area contributed by atoms with Gasteiger partial charge < -0.3 is 20.0 Å². The van der Waals surface area contributed by atoms with Gasteiger partial charge in [0.2, 0.25) is 11.8 Å². The van der Waals surface area contributed by atoms with Gasteiger partial charge in [-0.05, 0) is 38.9 Å². The second kappa shape index (κ2) is 10.0. The van der Waals surface area contributed by atoms with Crippen LogP contribution in [0.4, 0.5) is 0 Å². The zero-order valence-electron chi connectivity index (χ0n) is 17.3. The lowest BCUT2D eigenvalue weighted by molar-refractivity contribution is -0.129. The quantitative estimate of drug-likeness (QED) is 0.681. The summed E-state index contributed by atoms with van der Waals surface area (Å²) in [6.07, 6.45) is 2.15. The first-order chi connectivity index (χ1) is 13.5. The van der Waals surface area contributed by atoms with Crippen molar-refractivity contribution in [2.75, 3.05) is 59.4 Å². The second-order valence-electron chi connectivity index (χ2n) is 8.27. The summed E-state index contributed by atoms with van der Waals surface area (Å²) in [5.74, 6) is -0.0663. The van der Waals surface area contributed by atoms with Crippen molar-refractivity contribution in [3.05, 3.63) is 35.4 Å². The highest BCUT2D eigenvalue weighted by Crippen LogP contribution is 2.18. The van der Waals surface area contributed by atoms with Crippen molar-refractivity contribution in [3.8, 4) is 0 Å². The van der Waals surface area contributed by atoms with E-state index in [4.69, 9.17) is 0 Å². The smallest absolute Gasteiger partial charge is 0.225 e. The highest BCUT2D eigenvalue weighted by Gasteiger charge is 2.33. The van der Waals surface area contributed by atoms with Crippen LogP contribution in [-0.2, 0) is 16.0 Å². The molecule has 0 saturated carbocycles. The van der Waals surface area contributed by atoms with E-state index in [2.05, 4.69) is 53.4 Å². The molecule has 2 aliphatic heterocycles. The molecule has 1 atom stereocenters. The molecule has 2 fully saturated rings. The van der Waals surface area contributed by atoms with Crippen LogP contribution in [0.5, 0.6) is 0 Å². The summed E-state index contributed by atoms with van der Waals surface area (Å²) < 4.78 is 0. The Morgan fingerprint density at radius 1 is 1.11 bits per heavy atom. The van der Waals surface area contributed by atoms with E-state index in [-0.39, 0.29) is 17.7 Å². The Bertz CT molecular complexity index is 653. The summed E-state index contributed by atoms with van der Waals surface area (Å²) in [4.78, 5) is 31.3. The Hall–Kier alpha value is -1.92. The number of hydrogen-bond acceptors (Lipinski definition) is 4. The van der Waals surface area contributed by atoms with Crippen molar-refractivity contribution in [1.29, 1.82) is 0 Å². The lowest BCUT2D eigenvalue weighted by Crippen LogP contribution is -2.45. The minimum absolute atomic E-state index is 0.0320. The molecule has 2 aliphatic rings.